The van der Waals surface area contributed by atoms with Crippen LogP contribution in [0.3, 0.4) is 0 Å². The first kappa shape index (κ1) is 17.7. The maximum atomic E-state index is 12.7. The van der Waals surface area contributed by atoms with Gasteiger partial charge < -0.3 is 9.47 Å². The molecule has 0 amide bonds. The molecule has 1 rings (SSSR count). The van der Waals surface area contributed by atoms with E-state index in [-0.39, 0.29) is 13.2 Å². The molecule has 0 fully saturated rings. The number of hydrogen-bond acceptors (Lipinski definition) is 4. The van der Waals surface area contributed by atoms with Crippen molar-refractivity contribution in [3.05, 3.63) is 29.8 Å². The van der Waals surface area contributed by atoms with Crippen LogP contribution in [0.2, 0.25) is 0 Å². The van der Waals surface area contributed by atoms with E-state index in [4.69, 9.17) is 9.47 Å². The highest BCUT2D eigenvalue weighted by Gasteiger charge is 2.34. The highest BCUT2D eigenvalue weighted by molar-refractivity contribution is 7.92. The van der Waals surface area contributed by atoms with Crippen LogP contribution in [0.5, 0.6) is 0 Å². The van der Waals surface area contributed by atoms with E-state index in [0.29, 0.717) is 6.61 Å². The first-order valence-electron chi connectivity index (χ1n) is 5.99. The normalized spacial score (nSPS) is 12.4. The molecule has 0 atom stereocenters. The summed E-state index contributed by atoms with van der Waals surface area (Å²) < 4.78 is 73.3. The molecule has 1 N–H and O–H groups in total. The molecule has 0 saturated carbocycles. The number of benzene rings is 1. The number of anilines is 1. The zero-order chi connectivity index (χ0) is 15.9. The third-order valence-electron chi connectivity index (χ3n) is 2.43. The van der Waals surface area contributed by atoms with Crippen molar-refractivity contribution in [2.75, 3.05) is 37.4 Å². The molecule has 120 valence electrons. The molecule has 0 aromatic heterocycles. The molecule has 0 aliphatic carbocycles. The number of nitrogens with one attached hydrogen (secondary N) is 1. The fourth-order valence-corrected chi connectivity index (χ4v) is 2.40. The summed E-state index contributed by atoms with van der Waals surface area (Å²) in [6.07, 6.45) is -4.63. The molecule has 0 heterocycles. The Morgan fingerprint density at radius 1 is 1.14 bits per heavy atom. The number of halogens is 3. The van der Waals surface area contributed by atoms with E-state index < -0.39 is 33.2 Å². The number of alkyl halides is 3. The van der Waals surface area contributed by atoms with Gasteiger partial charge in [0.1, 0.15) is 0 Å². The molecule has 0 aliphatic heterocycles. The largest absolute Gasteiger partial charge is 0.418 e. The maximum absolute atomic E-state index is 12.7. The summed E-state index contributed by atoms with van der Waals surface area (Å²) in [6, 6.07) is 4.38. The number of ether oxygens (including phenoxy) is 2. The van der Waals surface area contributed by atoms with Crippen molar-refractivity contribution in [3.8, 4) is 0 Å². The lowest BCUT2D eigenvalue weighted by atomic mass is 10.2. The van der Waals surface area contributed by atoms with E-state index in [0.717, 1.165) is 12.1 Å². The van der Waals surface area contributed by atoms with Gasteiger partial charge in [-0.3, -0.25) is 4.72 Å². The van der Waals surface area contributed by atoms with Crippen molar-refractivity contribution in [1.29, 1.82) is 0 Å². The molecule has 21 heavy (non-hydrogen) atoms. The molecule has 0 saturated heterocycles. The Kier molecular flexibility index (Phi) is 6.43. The number of hydrogen-bond donors (Lipinski definition) is 1. The van der Waals surface area contributed by atoms with Gasteiger partial charge in [-0.25, -0.2) is 8.42 Å². The highest BCUT2D eigenvalue weighted by Crippen LogP contribution is 2.34. The highest BCUT2D eigenvalue weighted by atomic mass is 32.2. The molecule has 9 heteroatoms. The smallest absolute Gasteiger partial charge is 0.382 e. The summed E-state index contributed by atoms with van der Waals surface area (Å²) in [4.78, 5) is 0. The molecule has 1 aromatic rings. The summed E-state index contributed by atoms with van der Waals surface area (Å²) in [5.41, 5.74) is -1.53. The van der Waals surface area contributed by atoms with E-state index in [9.17, 15) is 21.6 Å². The second-order valence-corrected chi connectivity index (χ2v) is 5.91. The molecule has 0 unspecified atom stereocenters. The van der Waals surface area contributed by atoms with E-state index in [1.807, 2.05) is 4.72 Å². The molecule has 1 aromatic carbocycles. The van der Waals surface area contributed by atoms with Gasteiger partial charge in [0, 0.05) is 7.11 Å². The van der Waals surface area contributed by atoms with Crippen molar-refractivity contribution >= 4 is 15.7 Å². The third kappa shape index (κ3) is 6.32. The van der Waals surface area contributed by atoms with E-state index in [1.54, 1.807) is 0 Å². The van der Waals surface area contributed by atoms with Gasteiger partial charge in [-0.05, 0) is 12.1 Å². The lowest BCUT2D eigenvalue weighted by Crippen LogP contribution is -2.22. The average molecular weight is 327 g/mol. The zero-order valence-corrected chi connectivity index (χ0v) is 12.1. The molecular weight excluding hydrogens is 311 g/mol. The zero-order valence-electron chi connectivity index (χ0n) is 11.3. The van der Waals surface area contributed by atoms with Crippen LogP contribution in [-0.4, -0.2) is 41.1 Å². The van der Waals surface area contributed by atoms with Gasteiger partial charge in [-0.15, -0.1) is 0 Å². The number of sulfonamides is 1. The number of para-hydroxylation sites is 1. The molecule has 0 bridgehead atoms. The Balaban J connectivity index is 2.68. The van der Waals surface area contributed by atoms with Gasteiger partial charge in [-0.2, -0.15) is 13.2 Å². The Morgan fingerprint density at radius 3 is 2.43 bits per heavy atom. The summed E-state index contributed by atoms with van der Waals surface area (Å²) in [5.74, 6) is -0.442. The van der Waals surface area contributed by atoms with E-state index in [1.165, 1.54) is 19.2 Å². The van der Waals surface area contributed by atoms with Gasteiger partial charge in [0.25, 0.3) is 0 Å². The molecular formula is C12H16F3NO4S. The second kappa shape index (κ2) is 7.62. The summed E-state index contributed by atoms with van der Waals surface area (Å²) in [5, 5.41) is 0. The Labute approximate surface area is 121 Å². The monoisotopic (exact) mass is 327 g/mol. The minimum Gasteiger partial charge on any atom is -0.382 e. The van der Waals surface area contributed by atoms with Crippen LogP contribution in [0.4, 0.5) is 18.9 Å². The molecule has 0 spiro atoms. The Morgan fingerprint density at radius 2 is 1.81 bits per heavy atom. The quantitative estimate of drug-likeness (QED) is 0.743. The molecule has 5 nitrogen and oxygen atoms in total. The topological polar surface area (TPSA) is 64.6 Å². The van der Waals surface area contributed by atoms with Crippen molar-refractivity contribution in [3.63, 3.8) is 0 Å². The van der Waals surface area contributed by atoms with Gasteiger partial charge in [-0.1, -0.05) is 12.1 Å². The van der Waals surface area contributed by atoms with Crippen LogP contribution < -0.4 is 4.72 Å². The van der Waals surface area contributed by atoms with Crippen LogP contribution in [0.1, 0.15) is 5.56 Å². The summed E-state index contributed by atoms with van der Waals surface area (Å²) >= 11 is 0. The Hall–Kier alpha value is -1.32. The maximum Gasteiger partial charge on any atom is 0.418 e. The first-order valence-corrected chi connectivity index (χ1v) is 7.65. The minimum absolute atomic E-state index is 0.132. The van der Waals surface area contributed by atoms with Gasteiger partial charge >= 0.3 is 6.18 Å². The van der Waals surface area contributed by atoms with E-state index >= 15 is 0 Å². The lowest BCUT2D eigenvalue weighted by molar-refractivity contribution is -0.136. The third-order valence-corrected chi connectivity index (χ3v) is 3.66. The average Bonchev–Trinajstić information content (AvgIpc) is 2.37. The van der Waals surface area contributed by atoms with Crippen LogP contribution in [-0.2, 0) is 25.7 Å². The van der Waals surface area contributed by atoms with Crippen LogP contribution in [0.15, 0.2) is 24.3 Å². The molecule has 0 aliphatic rings. The van der Waals surface area contributed by atoms with Crippen molar-refractivity contribution in [2.45, 2.75) is 6.18 Å². The van der Waals surface area contributed by atoms with Crippen LogP contribution in [0, 0.1) is 0 Å². The second-order valence-electron chi connectivity index (χ2n) is 4.07. The minimum atomic E-state index is -4.63. The van der Waals surface area contributed by atoms with Gasteiger partial charge in [0.2, 0.25) is 10.0 Å². The van der Waals surface area contributed by atoms with Crippen molar-refractivity contribution in [1.82, 2.24) is 0 Å². The van der Waals surface area contributed by atoms with Gasteiger partial charge in [0.15, 0.2) is 0 Å². The molecule has 0 radical (unpaired) electrons. The van der Waals surface area contributed by atoms with Gasteiger partial charge in [0.05, 0.1) is 36.8 Å². The lowest BCUT2D eigenvalue weighted by Gasteiger charge is -2.14. The van der Waals surface area contributed by atoms with Crippen LogP contribution >= 0.6 is 0 Å². The number of rotatable bonds is 8. The van der Waals surface area contributed by atoms with Crippen LogP contribution in [0.25, 0.3) is 0 Å². The predicted molar refractivity (Wildman–Crippen MR) is 71.5 cm³/mol. The fraction of sp³-hybridized carbons (Fsp3) is 0.500. The standard InChI is InChI=1S/C12H16F3NO4S/c1-19-6-7-20-8-9-21(17,18)16-11-5-3-2-4-10(11)12(13,14)15/h2-5,16H,6-9H2,1H3. The van der Waals surface area contributed by atoms with Crippen molar-refractivity contribution < 1.29 is 31.1 Å². The predicted octanol–water partition coefficient (Wildman–Crippen LogP) is 2.11. The first-order chi connectivity index (χ1) is 9.76. The van der Waals surface area contributed by atoms with E-state index in [2.05, 4.69) is 0 Å². The SMILES string of the molecule is COCCOCCS(=O)(=O)Nc1ccccc1C(F)(F)F. The van der Waals surface area contributed by atoms with Crippen molar-refractivity contribution in [2.24, 2.45) is 0 Å². The fourth-order valence-electron chi connectivity index (χ4n) is 1.45. The Bertz CT molecular complexity index is 546. The summed E-state index contributed by atoms with van der Waals surface area (Å²) in [7, 11) is -2.45. The summed E-state index contributed by atoms with van der Waals surface area (Å²) in [6.45, 7) is 0.391. The number of methoxy groups -OCH3 is 1.